The van der Waals surface area contributed by atoms with Gasteiger partial charge in [0.1, 0.15) is 23.7 Å². The van der Waals surface area contributed by atoms with E-state index in [0.717, 1.165) is 70.7 Å². The van der Waals surface area contributed by atoms with E-state index in [0.29, 0.717) is 23.4 Å². The number of carboxylic acid groups (broad SMARTS) is 1. The molecule has 4 aromatic carbocycles. The van der Waals surface area contributed by atoms with Gasteiger partial charge in [0.2, 0.25) is 0 Å². The Morgan fingerprint density at radius 3 is 1.55 bits per heavy atom. The number of carboxylic acids is 1. The number of carbonyl (C=O) groups excluding carboxylic acids is 1. The van der Waals surface area contributed by atoms with Gasteiger partial charge in [0.05, 0.1) is 28.0 Å². The number of anilines is 2. The molecule has 4 N–H and O–H groups in total. The number of benzene rings is 4. The standard InChI is InChI=1S/C21H24N4O.C18H19N3O2/c1-14(2)12-22-18-4-3-5-19-20(18)23-13-25(19)17-10-6-15(7-11-17)21(26)24-16-8-9-16;1-12(2)10-19-15-4-3-5-16-17(15)20-11-21(16)14-8-6-13(7-9-14)18(22)23/h3-7,10-11,13-14,16,22H,8-9,12H2,1-2H3,(H,24,26);3-9,11-12,19H,10H2,1-2H3,(H,22,23). The number of aromatic carboxylic acids is 1. The lowest BCUT2D eigenvalue weighted by molar-refractivity contribution is 0.0696. The van der Waals surface area contributed by atoms with Crippen molar-refractivity contribution in [1.29, 1.82) is 0 Å². The lowest BCUT2D eigenvalue weighted by atomic mass is 10.2. The van der Waals surface area contributed by atoms with Crippen molar-refractivity contribution in [2.45, 2.75) is 46.6 Å². The van der Waals surface area contributed by atoms with Crippen molar-refractivity contribution in [3.8, 4) is 11.4 Å². The highest BCUT2D eigenvalue weighted by molar-refractivity contribution is 5.95. The van der Waals surface area contributed by atoms with E-state index in [9.17, 15) is 9.59 Å². The van der Waals surface area contributed by atoms with Crippen molar-refractivity contribution in [2.75, 3.05) is 23.7 Å². The summed E-state index contributed by atoms with van der Waals surface area (Å²) >= 11 is 0. The maximum Gasteiger partial charge on any atom is 0.335 e. The normalized spacial score (nSPS) is 12.6. The second-order valence-corrected chi connectivity index (χ2v) is 13.3. The van der Waals surface area contributed by atoms with Crippen molar-refractivity contribution < 1.29 is 14.7 Å². The number of fused-ring (bicyclic) bond motifs is 2. The van der Waals surface area contributed by atoms with Gasteiger partial charge in [-0.1, -0.05) is 39.8 Å². The molecule has 2 heterocycles. The first-order valence-electron chi connectivity index (χ1n) is 16.8. The van der Waals surface area contributed by atoms with E-state index in [4.69, 9.17) is 5.11 Å². The number of nitrogens with one attached hydrogen (secondary N) is 3. The lowest BCUT2D eigenvalue weighted by Crippen LogP contribution is -2.25. The number of rotatable bonds is 11. The highest BCUT2D eigenvalue weighted by Gasteiger charge is 2.23. The number of hydrogen-bond acceptors (Lipinski definition) is 6. The molecule has 49 heavy (non-hydrogen) atoms. The largest absolute Gasteiger partial charge is 0.478 e. The molecule has 0 spiro atoms. The second-order valence-electron chi connectivity index (χ2n) is 13.3. The Morgan fingerprint density at radius 1 is 0.694 bits per heavy atom. The zero-order valence-corrected chi connectivity index (χ0v) is 28.4. The summed E-state index contributed by atoms with van der Waals surface area (Å²) in [6.45, 7) is 10.5. The monoisotopic (exact) mass is 657 g/mol. The molecule has 1 fully saturated rings. The highest BCUT2D eigenvalue weighted by Crippen LogP contribution is 2.27. The number of amides is 1. The molecule has 0 unspecified atom stereocenters. The Bertz CT molecular complexity index is 2060. The highest BCUT2D eigenvalue weighted by atomic mass is 16.4. The summed E-state index contributed by atoms with van der Waals surface area (Å²) in [4.78, 5) is 32.2. The molecular formula is C39H43N7O3. The molecule has 0 bridgehead atoms. The van der Waals surface area contributed by atoms with E-state index in [1.807, 2.05) is 59.4 Å². The van der Waals surface area contributed by atoms with Crippen LogP contribution in [-0.4, -0.2) is 55.2 Å². The molecule has 10 heteroatoms. The predicted molar refractivity (Wildman–Crippen MR) is 196 cm³/mol. The number of nitrogens with zero attached hydrogens (tertiary/aromatic N) is 4. The van der Waals surface area contributed by atoms with Crippen LogP contribution in [0, 0.1) is 11.8 Å². The van der Waals surface area contributed by atoms with Crippen molar-refractivity contribution in [2.24, 2.45) is 11.8 Å². The average molecular weight is 658 g/mol. The van der Waals surface area contributed by atoms with Crippen LogP contribution < -0.4 is 16.0 Å². The summed E-state index contributed by atoms with van der Waals surface area (Å²) in [6.07, 6.45) is 5.79. The molecule has 0 radical (unpaired) electrons. The summed E-state index contributed by atoms with van der Waals surface area (Å²) in [7, 11) is 0. The second kappa shape index (κ2) is 14.6. The third-order valence-electron chi connectivity index (χ3n) is 8.27. The third-order valence-corrected chi connectivity index (χ3v) is 8.27. The first kappa shape index (κ1) is 33.3. The Hall–Kier alpha value is -5.64. The third kappa shape index (κ3) is 7.92. The fourth-order valence-electron chi connectivity index (χ4n) is 5.44. The van der Waals surface area contributed by atoms with E-state index in [2.05, 4.69) is 70.3 Å². The number of imidazole rings is 2. The van der Waals surface area contributed by atoms with Gasteiger partial charge < -0.3 is 21.1 Å². The number of hydrogen-bond donors (Lipinski definition) is 4. The van der Waals surface area contributed by atoms with E-state index >= 15 is 0 Å². The van der Waals surface area contributed by atoms with Gasteiger partial charge in [0.15, 0.2) is 0 Å². The lowest BCUT2D eigenvalue weighted by Gasteiger charge is -2.10. The number of para-hydroxylation sites is 2. The van der Waals surface area contributed by atoms with E-state index < -0.39 is 5.97 Å². The molecule has 1 saturated carbocycles. The minimum Gasteiger partial charge on any atom is -0.478 e. The van der Waals surface area contributed by atoms with Crippen LogP contribution in [0.2, 0.25) is 0 Å². The Morgan fingerprint density at radius 2 is 1.14 bits per heavy atom. The van der Waals surface area contributed by atoms with Crippen LogP contribution in [0.1, 0.15) is 61.3 Å². The minimum atomic E-state index is -0.924. The topological polar surface area (TPSA) is 126 Å². The predicted octanol–water partition coefficient (Wildman–Crippen LogP) is 7.78. The molecule has 252 valence electrons. The summed E-state index contributed by atoms with van der Waals surface area (Å²) in [5, 5.41) is 18.9. The summed E-state index contributed by atoms with van der Waals surface area (Å²) in [5.74, 6) is 0.208. The molecule has 1 aliphatic carbocycles. The van der Waals surface area contributed by atoms with Gasteiger partial charge in [-0.15, -0.1) is 0 Å². The van der Waals surface area contributed by atoms with Gasteiger partial charge in [-0.05, 0) is 97.5 Å². The molecule has 2 aromatic heterocycles. The van der Waals surface area contributed by atoms with Crippen LogP contribution in [0.5, 0.6) is 0 Å². The van der Waals surface area contributed by atoms with Crippen molar-refractivity contribution in [3.63, 3.8) is 0 Å². The molecule has 0 aliphatic heterocycles. The van der Waals surface area contributed by atoms with Crippen molar-refractivity contribution in [3.05, 3.63) is 109 Å². The first-order chi connectivity index (χ1) is 23.7. The fourth-order valence-corrected chi connectivity index (χ4v) is 5.44. The van der Waals surface area contributed by atoms with Gasteiger partial charge in [-0.25, -0.2) is 14.8 Å². The van der Waals surface area contributed by atoms with Crippen LogP contribution in [0.25, 0.3) is 33.4 Å². The molecule has 1 aliphatic rings. The zero-order chi connectivity index (χ0) is 34.5. The van der Waals surface area contributed by atoms with Crippen LogP contribution in [0.3, 0.4) is 0 Å². The summed E-state index contributed by atoms with van der Waals surface area (Å²) < 4.78 is 4.01. The van der Waals surface area contributed by atoms with E-state index in [1.165, 1.54) is 0 Å². The molecule has 0 saturated heterocycles. The molecule has 7 rings (SSSR count). The van der Waals surface area contributed by atoms with Gasteiger partial charge in [0, 0.05) is 36.1 Å². The molecule has 6 aromatic rings. The number of carbonyl (C=O) groups is 2. The fraction of sp³-hybridized carbons (Fsp3) is 0.282. The maximum atomic E-state index is 12.1. The van der Waals surface area contributed by atoms with Gasteiger partial charge in [-0.2, -0.15) is 0 Å². The quantitative estimate of drug-likeness (QED) is 0.112. The maximum absolute atomic E-state index is 12.1. The average Bonchev–Trinajstić information content (AvgIpc) is 3.63. The van der Waals surface area contributed by atoms with E-state index in [-0.39, 0.29) is 11.5 Å². The Kier molecular flexibility index (Phi) is 9.94. The van der Waals surface area contributed by atoms with Crippen LogP contribution in [0.4, 0.5) is 11.4 Å². The van der Waals surface area contributed by atoms with Crippen molar-refractivity contribution in [1.82, 2.24) is 24.4 Å². The Balaban J connectivity index is 0.000000171. The first-order valence-corrected chi connectivity index (χ1v) is 16.8. The van der Waals surface area contributed by atoms with Gasteiger partial charge in [-0.3, -0.25) is 13.9 Å². The van der Waals surface area contributed by atoms with Crippen molar-refractivity contribution >= 4 is 45.3 Å². The summed E-state index contributed by atoms with van der Waals surface area (Å²) in [6, 6.07) is 27.0. The Labute approximate surface area is 286 Å². The van der Waals surface area contributed by atoms with Gasteiger partial charge in [0.25, 0.3) is 5.91 Å². The zero-order valence-electron chi connectivity index (χ0n) is 28.4. The van der Waals surface area contributed by atoms with Gasteiger partial charge >= 0.3 is 5.97 Å². The SMILES string of the molecule is CC(C)CNc1cccc2c1ncn2-c1ccc(C(=O)NC2CC2)cc1.CC(C)CNc1cccc2c1ncn2-c1ccc(C(=O)O)cc1. The molecule has 10 nitrogen and oxygen atoms in total. The van der Waals surface area contributed by atoms with Crippen LogP contribution >= 0.6 is 0 Å². The van der Waals surface area contributed by atoms with Crippen LogP contribution in [-0.2, 0) is 0 Å². The van der Waals surface area contributed by atoms with E-state index in [1.54, 1.807) is 30.6 Å². The smallest absolute Gasteiger partial charge is 0.335 e. The number of aromatic nitrogens is 4. The minimum absolute atomic E-state index is 0.00899. The summed E-state index contributed by atoms with van der Waals surface area (Å²) in [5.41, 5.74) is 8.83. The molecule has 0 atom stereocenters. The molecular weight excluding hydrogens is 614 g/mol. The van der Waals surface area contributed by atoms with Crippen LogP contribution in [0.15, 0.2) is 97.6 Å². The molecule has 1 amide bonds.